The summed E-state index contributed by atoms with van der Waals surface area (Å²) in [6, 6.07) is 3.81. The average molecular weight is 166 g/mol. The lowest BCUT2D eigenvalue weighted by Gasteiger charge is -1.84. The Balaban J connectivity index is 2.45. The third-order valence-electron chi connectivity index (χ3n) is 1.35. The maximum atomic E-state index is 5.33. The van der Waals surface area contributed by atoms with Gasteiger partial charge in [-0.1, -0.05) is 4.49 Å². The van der Waals surface area contributed by atoms with Crippen molar-refractivity contribution in [1.29, 1.82) is 0 Å². The van der Waals surface area contributed by atoms with Crippen LogP contribution in [-0.2, 0) is 0 Å². The van der Waals surface area contributed by atoms with Gasteiger partial charge < -0.3 is 4.42 Å². The maximum Gasteiger partial charge on any atom is 0.155 e. The molecule has 0 bridgehead atoms. The number of hydrogen-bond acceptors (Lipinski definition) is 4. The summed E-state index contributed by atoms with van der Waals surface area (Å²) in [5, 5.41) is 5.73. The van der Waals surface area contributed by atoms with Crippen LogP contribution in [0.15, 0.2) is 21.9 Å². The van der Waals surface area contributed by atoms with E-state index in [4.69, 9.17) is 4.42 Å². The van der Waals surface area contributed by atoms with Crippen molar-refractivity contribution in [1.82, 2.24) is 9.59 Å². The molecule has 0 unspecified atom stereocenters. The Morgan fingerprint density at radius 3 is 2.91 bits per heavy atom. The smallest absolute Gasteiger partial charge is 0.155 e. The Hall–Kier alpha value is -1.16. The molecule has 0 fully saturated rings. The summed E-state index contributed by atoms with van der Waals surface area (Å²) in [7, 11) is 0. The summed E-state index contributed by atoms with van der Waals surface area (Å²) in [5.74, 6) is 1.68. The average Bonchev–Trinajstić information content (AvgIpc) is 2.55. The van der Waals surface area contributed by atoms with Gasteiger partial charge in [0, 0.05) is 5.38 Å². The van der Waals surface area contributed by atoms with Gasteiger partial charge in [0.1, 0.15) is 11.5 Å². The van der Waals surface area contributed by atoms with Gasteiger partial charge >= 0.3 is 0 Å². The lowest BCUT2D eigenvalue weighted by atomic mass is 10.4. The van der Waals surface area contributed by atoms with Crippen LogP contribution < -0.4 is 0 Å². The highest BCUT2D eigenvalue weighted by molar-refractivity contribution is 7.03. The molecule has 0 N–H and O–H groups in total. The second-order valence-corrected chi connectivity index (χ2v) is 2.81. The fraction of sp³-hybridized carbons (Fsp3) is 0.143. The van der Waals surface area contributed by atoms with Gasteiger partial charge in [0.15, 0.2) is 5.76 Å². The SMILES string of the molecule is Cc1ccc(-c2csnn2)o1. The zero-order valence-electron chi connectivity index (χ0n) is 5.94. The summed E-state index contributed by atoms with van der Waals surface area (Å²) in [5.41, 5.74) is 0.808. The fourth-order valence-corrected chi connectivity index (χ4v) is 1.29. The lowest BCUT2D eigenvalue weighted by Crippen LogP contribution is -1.71. The molecule has 0 spiro atoms. The summed E-state index contributed by atoms with van der Waals surface area (Å²) < 4.78 is 9.07. The third kappa shape index (κ3) is 1.17. The van der Waals surface area contributed by atoms with E-state index in [2.05, 4.69) is 9.59 Å². The molecule has 2 aromatic heterocycles. The molecule has 0 radical (unpaired) electrons. The van der Waals surface area contributed by atoms with Gasteiger partial charge in [-0.05, 0) is 30.6 Å². The molecule has 0 atom stereocenters. The topological polar surface area (TPSA) is 38.9 Å². The van der Waals surface area contributed by atoms with E-state index in [1.807, 2.05) is 24.4 Å². The number of rotatable bonds is 1. The van der Waals surface area contributed by atoms with Crippen LogP contribution in [0.25, 0.3) is 11.5 Å². The normalized spacial score (nSPS) is 10.3. The number of aryl methyl sites for hydroxylation is 1. The van der Waals surface area contributed by atoms with Crippen LogP contribution >= 0.6 is 11.5 Å². The monoisotopic (exact) mass is 166 g/mol. The van der Waals surface area contributed by atoms with Crippen molar-refractivity contribution in [3.63, 3.8) is 0 Å². The molecular weight excluding hydrogens is 160 g/mol. The van der Waals surface area contributed by atoms with Crippen LogP contribution in [-0.4, -0.2) is 9.59 Å². The van der Waals surface area contributed by atoms with Crippen molar-refractivity contribution in [2.24, 2.45) is 0 Å². The molecule has 2 aromatic rings. The molecule has 0 aliphatic rings. The number of furan rings is 1. The minimum atomic E-state index is 0.788. The standard InChI is InChI=1S/C7H6N2OS/c1-5-2-3-7(10-5)6-4-11-9-8-6/h2-4H,1H3. The summed E-state index contributed by atoms with van der Waals surface area (Å²) >= 11 is 1.32. The highest BCUT2D eigenvalue weighted by Crippen LogP contribution is 2.19. The van der Waals surface area contributed by atoms with E-state index < -0.39 is 0 Å². The molecule has 0 aliphatic heterocycles. The minimum absolute atomic E-state index is 0.788. The molecule has 4 heteroatoms. The van der Waals surface area contributed by atoms with Crippen LogP contribution in [0.3, 0.4) is 0 Å². The first-order chi connectivity index (χ1) is 5.36. The van der Waals surface area contributed by atoms with Crippen molar-refractivity contribution in [3.05, 3.63) is 23.3 Å². The minimum Gasteiger partial charge on any atom is -0.460 e. The van der Waals surface area contributed by atoms with Gasteiger partial charge in [-0.25, -0.2) is 0 Å². The molecule has 2 rings (SSSR count). The Kier molecular flexibility index (Phi) is 1.47. The molecule has 0 amide bonds. The Bertz CT molecular complexity index is 339. The Morgan fingerprint density at radius 2 is 2.36 bits per heavy atom. The van der Waals surface area contributed by atoms with E-state index in [-0.39, 0.29) is 0 Å². The molecule has 0 aromatic carbocycles. The number of hydrogen-bond donors (Lipinski definition) is 0. The van der Waals surface area contributed by atoms with Crippen molar-refractivity contribution >= 4 is 11.5 Å². The van der Waals surface area contributed by atoms with Gasteiger partial charge in [-0.15, -0.1) is 5.10 Å². The van der Waals surface area contributed by atoms with Gasteiger partial charge in [0.05, 0.1) is 0 Å². The second kappa shape index (κ2) is 2.47. The molecule has 0 saturated heterocycles. The number of aromatic nitrogens is 2. The largest absolute Gasteiger partial charge is 0.460 e. The quantitative estimate of drug-likeness (QED) is 0.651. The van der Waals surface area contributed by atoms with E-state index in [1.54, 1.807) is 0 Å². The predicted molar refractivity (Wildman–Crippen MR) is 42.3 cm³/mol. The van der Waals surface area contributed by atoms with Gasteiger partial charge in [-0.3, -0.25) is 0 Å². The fourth-order valence-electron chi connectivity index (χ4n) is 0.844. The second-order valence-electron chi connectivity index (χ2n) is 2.20. The van der Waals surface area contributed by atoms with E-state index in [0.29, 0.717) is 0 Å². The molecule has 0 saturated carbocycles. The predicted octanol–water partition coefficient (Wildman–Crippen LogP) is 2.11. The van der Waals surface area contributed by atoms with Crippen LogP contribution in [0.5, 0.6) is 0 Å². The first-order valence-corrected chi connectivity index (χ1v) is 4.04. The van der Waals surface area contributed by atoms with E-state index >= 15 is 0 Å². The molecule has 3 nitrogen and oxygen atoms in total. The zero-order chi connectivity index (χ0) is 7.68. The highest BCUT2D eigenvalue weighted by Gasteiger charge is 2.03. The zero-order valence-corrected chi connectivity index (χ0v) is 6.76. The molecule has 0 aliphatic carbocycles. The molecule has 56 valence electrons. The van der Waals surface area contributed by atoms with Gasteiger partial charge in [0.25, 0.3) is 0 Å². The van der Waals surface area contributed by atoms with Crippen LogP contribution in [0, 0.1) is 6.92 Å². The van der Waals surface area contributed by atoms with E-state index in [0.717, 1.165) is 17.2 Å². The Labute approximate surface area is 67.8 Å². The van der Waals surface area contributed by atoms with Crippen molar-refractivity contribution in [3.8, 4) is 11.5 Å². The highest BCUT2D eigenvalue weighted by atomic mass is 32.1. The van der Waals surface area contributed by atoms with Crippen molar-refractivity contribution in [2.45, 2.75) is 6.92 Å². The van der Waals surface area contributed by atoms with Crippen LogP contribution in [0.2, 0.25) is 0 Å². The van der Waals surface area contributed by atoms with Crippen LogP contribution in [0.4, 0.5) is 0 Å². The van der Waals surface area contributed by atoms with E-state index in [9.17, 15) is 0 Å². The first-order valence-electron chi connectivity index (χ1n) is 3.20. The van der Waals surface area contributed by atoms with Crippen molar-refractivity contribution in [2.75, 3.05) is 0 Å². The Morgan fingerprint density at radius 1 is 1.45 bits per heavy atom. The van der Waals surface area contributed by atoms with Gasteiger partial charge in [-0.2, -0.15) is 0 Å². The molecule has 11 heavy (non-hydrogen) atoms. The number of nitrogens with zero attached hydrogens (tertiary/aromatic N) is 2. The summed E-state index contributed by atoms with van der Waals surface area (Å²) in [4.78, 5) is 0. The van der Waals surface area contributed by atoms with Crippen molar-refractivity contribution < 1.29 is 4.42 Å². The van der Waals surface area contributed by atoms with Crippen LogP contribution in [0.1, 0.15) is 5.76 Å². The first kappa shape index (κ1) is 6.54. The van der Waals surface area contributed by atoms with E-state index in [1.165, 1.54) is 11.5 Å². The molecule has 2 heterocycles. The maximum absolute atomic E-state index is 5.33. The van der Waals surface area contributed by atoms with Gasteiger partial charge in [0.2, 0.25) is 0 Å². The summed E-state index contributed by atoms with van der Waals surface area (Å²) in [6.07, 6.45) is 0. The molecular formula is C7H6N2OS. The lowest BCUT2D eigenvalue weighted by molar-refractivity contribution is 0.546. The third-order valence-corrected chi connectivity index (χ3v) is 1.86. The summed E-state index contributed by atoms with van der Waals surface area (Å²) in [6.45, 7) is 1.91.